The first kappa shape index (κ1) is 23.3. The quantitative estimate of drug-likeness (QED) is 0.471. The SMILES string of the molecule is CC(C)(O)CNc1nc(Nc2ccnc(C3(C#N)CC3)c2)nc(-c2cccc(C(F)(F)F)n2)n1. The molecule has 1 fully saturated rings. The zero-order valence-corrected chi connectivity index (χ0v) is 18.3. The standard InChI is InChI=1S/C22H21F3N8O/c1-20(2,34)12-28-18-31-17(14-4-3-5-15(30-14)22(23,24)25)32-19(33-18)29-13-6-9-27-16(10-13)21(11-26)7-8-21/h3-6,9-10,34H,7-8,12H2,1-2H3,(H2,27,28,29,31,32,33). The highest BCUT2D eigenvalue weighted by atomic mass is 19.4. The predicted molar refractivity (Wildman–Crippen MR) is 117 cm³/mol. The number of nitrogens with zero attached hydrogens (tertiary/aromatic N) is 6. The summed E-state index contributed by atoms with van der Waals surface area (Å²) >= 11 is 0. The zero-order valence-electron chi connectivity index (χ0n) is 18.3. The van der Waals surface area contributed by atoms with Crippen molar-refractivity contribution in [3.05, 3.63) is 47.9 Å². The van der Waals surface area contributed by atoms with Crippen LogP contribution in [0.1, 0.15) is 38.1 Å². The number of nitriles is 1. The van der Waals surface area contributed by atoms with Gasteiger partial charge in [-0.1, -0.05) is 6.07 Å². The monoisotopic (exact) mass is 470 g/mol. The summed E-state index contributed by atoms with van der Waals surface area (Å²) in [5.41, 5.74) is -1.68. The Balaban J connectivity index is 1.70. The largest absolute Gasteiger partial charge is 0.433 e. The van der Waals surface area contributed by atoms with Gasteiger partial charge < -0.3 is 15.7 Å². The first-order valence-corrected chi connectivity index (χ1v) is 10.4. The van der Waals surface area contributed by atoms with E-state index in [0.717, 1.165) is 18.9 Å². The normalized spacial score (nSPS) is 14.9. The van der Waals surface area contributed by atoms with Crippen LogP contribution in [0.25, 0.3) is 11.5 Å². The number of pyridine rings is 2. The summed E-state index contributed by atoms with van der Waals surface area (Å²) < 4.78 is 39.5. The molecule has 12 heteroatoms. The maximum atomic E-state index is 13.2. The molecule has 9 nitrogen and oxygen atoms in total. The Bertz CT molecular complexity index is 1250. The van der Waals surface area contributed by atoms with Crippen LogP contribution in [0, 0.1) is 11.3 Å². The van der Waals surface area contributed by atoms with Crippen LogP contribution in [0.4, 0.5) is 30.8 Å². The van der Waals surface area contributed by atoms with Gasteiger partial charge >= 0.3 is 6.18 Å². The first-order chi connectivity index (χ1) is 16.0. The highest BCUT2D eigenvalue weighted by Crippen LogP contribution is 2.47. The van der Waals surface area contributed by atoms with E-state index in [1.807, 2.05) is 0 Å². The van der Waals surface area contributed by atoms with E-state index in [9.17, 15) is 23.5 Å². The molecule has 0 aromatic carbocycles. The Morgan fingerprint density at radius 3 is 2.47 bits per heavy atom. The maximum Gasteiger partial charge on any atom is 0.433 e. The molecule has 0 radical (unpaired) electrons. The molecule has 0 saturated heterocycles. The van der Waals surface area contributed by atoms with Crippen molar-refractivity contribution in [3.63, 3.8) is 0 Å². The van der Waals surface area contributed by atoms with Gasteiger partial charge in [0.1, 0.15) is 11.4 Å². The lowest BCUT2D eigenvalue weighted by molar-refractivity contribution is -0.141. The van der Waals surface area contributed by atoms with E-state index in [2.05, 4.69) is 41.6 Å². The van der Waals surface area contributed by atoms with Crippen molar-refractivity contribution in [2.24, 2.45) is 0 Å². The van der Waals surface area contributed by atoms with Gasteiger partial charge in [-0.25, -0.2) is 4.98 Å². The predicted octanol–water partition coefficient (Wildman–Crippen LogP) is 3.83. The third-order valence-corrected chi connectivity index (χ3v) is 5.05. The van der Waals surface area contributed by atoms with Crippen molar-refractivity contribution < 1.29 is 18.3 Å². The molecule has 0 aliphatic heterocycles. The van der Waals surface area contributed by atoms with Crippen molar-refractivity contribution in [1.82, 2.24) is 24.9 Å². The summed E-state index contributed by atoms with van der Waals surface area (Å²) in [6, 6.07) is 9.10. The van der Waals surface area contributed by atoms with Crippen LogP contribution < -0.4 is 10.6 Å². The minimum atomic E-state index is -4.63. The second kappa shape index (κ2) is 8.49. The van der Waals surface area contributed by atoms with Gasteiger partial charge in [-0.3, -0.25) is 4.98 Å². The number of alkyl halides is 3. The van der Waals surface area contributed by atoms with E-state index in [4.69, 9.17) is 0 Å². The van der Waals surface area contributed by atoms with Gasteiger partial charge in [-0.15, -0.1) is 0 Å². The molecule has 4 rings (SSSR count). The van der Waals surface area contributed by atoms with E-state index in [-0.39, 0.29) is 30.0 Å². The maximum absolute atomic E-state index is 13.2. The van der Waals surface area contributed by atoms with Crippen LogP contribution in [0.3, 0.4) is 0 Å². The molecule has 3 aromatic heterocycles. The lowest BCUT2D eigenvalue weighted by Crippen LogP contribution is -2.30. The topological polar surface area (TPSA) is 133 Å². The average Bonchev–Trinajstić information content (AvgIpc) is 3.58. The molecule has 1 saturated carbocycles. The molecule has 1 aliphatic carbocycles. The number of hydrogen-bond donors (Lipinski definition) is 3. The van der Waals surface area contributed by atoms with Crippen LogP contribution in [-0.2, 0) is 11.6 Å². The fourth-order valence-electron chi connectivity index (χ4n) is 3.09. The third kappa shape index (κ3) is 5.37. The molecular weight excluding hydrogens is 449 g/mol. The number of anilines is 3. The molecule has 0 spiro atoms. The lowest BCUT2D eigenvalue weighted by Gasteiger charge is -2.18. The minimum absolute atomic E-state index is 0.0406. The molecule has 0 unspecified atom stereocenters. The molecular formula is C22H21F3N8O. The molecule has 3 heterocycles. The Labute approximate surface area is 193 Å². The van der Waals surface area contributed by atoms with Gasteiger partial charge in [0.25, 0.3) is 0 Å². The van der Waals surface area contributed by atoms with Crippen LogP contribution in [0.15, 0.2) is 36.5 Å². The summed E-state index contributed by atoms with van der Waals surface area (Å²) in [5.74, 6) is -0.00738. The molecule has 3 aromatic rings. The number of aromatic nitrogens is 5. The zero-order chi connectivity index (χ0) is 24.6. The van der Waals surface area contributed by atoms with E-state index in [1.165, 1.54) is 12.1 Å². The van der Waals surface area contributed by atoms with Gasteiger partial charge in [-0.05, 0) is 51.0 Å². The highest BCUT2D eigenvalue weighted by Gasteiger charge is 2.46. The summed E-state index contributed by atoms with van der Waals surface area (Å²) in [4.78, 5) is 20.6. The van der Waals surface area contributed by atoms with Gasteiger partial charge in [0.05, 0.1) is 22.8 Å². The van der Waals surface area contributed by atoms with Crippen molar-refractivity contribution in [3.8, 4) is 17.6 Å². The van der Waals surface area contributed by atoms with E-state index in [1.54, 1.807) is 32.2 Å². The Kier molecular flexibility index (Phi) is 5.82. The van der Waals surface area contributed by atoms with E-state index >= 15 is 0 Å². The van der Waals surface area contributed by atoms with Gasteiger partial charge in [0, 0.05) is 18.4 Å². The molecule has 0 bridgehead atoms. The lowest BCUT2D eigenvalue weighted by atomic mass is 10.0. The van der Waals surface area contributed by atoms with Crippen molar-refractivity contribution >= 4 is 17.6 Å². The second-order valence-corrected chi connectivity index (χ2v) is 8.63. The minimum Gasteiger partial charge on any atom is -0.389 e. The van der Waals surface area contributed by atoms with Crippen LogP contribution in [-0.4, -0.2) is 42.2 Å². The van der Waals surface area contributed by atoms with Gasteiger partial charge in [0.15, 0.2) is 5.82 Å². The summed E-state index contributed by atoms with van der Waals surface area (Å²) in [6.07, 6.45) is -1.62. The van der Waals surface area contributed by atoms with Gasteiger partial charge in [0.2, 0.25) is 11.9 Å². The molecule has 3 N–H and O–H groups in total. The summed E-state index contributed by atoms with van der Waals surface area (Å²) in [5, 5.41) is 25.3. The smallest absolute Gasteiger partial charge is 0.389 e. The van der Waals surface area contributed by atoms with Crippen molar-refractivity contribution in [1.29, 1.82) is 5.26 Å². The average molecular weight is 470 g/mol. The van der Waals surface area contributed by atoms with Crippen LogP contribution in [0.2, 0.25) is 0 Å². The first-order valence-electron chi connectivity index (χ1n) is 10.4. The molecule has 1 aliphatic rings. The molecule has 0 amide bonds. The molecule has 34 heavy (non-hydrogen) atoms. The third-order valence-electron chi connectivity index (χ3n) is 5.05. The Morgan fingerprint density at radius 1 is 1.09 bits per heavy atom. The second-order valence-electron chi connectivity index (χ2n) is 8.63. The summed E-state index contributed by atoms with van der Waals surface area (Å²) in [6.45, 7) is 3.24. The van der Waals surface area contributed by atoms with E-state index < -0.39 is 22.9 Å². The fraction of sp³-hybridized carbons (Fsp3) is 0.364. The van der Waals surface area contributed by atoms with Gasteiger partial charge in [-0.2, -0.15) is 33.4 Å². The fourth-order valence-corrected chi connectivity index (χ4v) is 3.09. The van der Waals surface area contributed by atoms with Crippen molar-refractivity contribution in [2.45, 2.75) is 43.9 Å². The number of rotatable bonds is 7. The Hall–Kier alpha value is -3.85. The number of nitrogens with one attached hydrogen (secondary N) is 2. The highest BCUT2D eigenvalue weighted by molar-refractivity contribution is 5.59. The van der Waals surface area contributed by atoms with E-state index in [0.29, 0.717) is 11.4 Å². The molecule has 176 valence electrons. The number of aliphatic hydroxyl groups is 1. The molecule has 0 atom stereocenters. The van der Waals surface area contributed by atoms with Crippen LogP contribution in [0.5, 0.6) is 0 Å². The van der Waals surface area contributed by atoms with Crippen molar-refractivity contribution in [2.75, 3.05) is 17.2 Å². The number of halogens is 3. The van der Waals surface area contributed by atoms with Crippen LogP contribution >= 0.6 is 0 Å². The summed E-state index contributed by atoms with van der Waals surface area (Å²) in [7, 11) is 0. The Morgan fingerprint density at radius 2 is 1.82 bits per heavy atom. The number of hydrogen-bond acceptors (Lipinski definition) is 9.